The van der Waals surface area contributed by atoms with Gasteiger partial charge < -0.3 is 4.74 Å². The Morgan fingerprint density at radius 3 is 2.26 bits per heavy atom. The van der Waals surface area contributed by atoms with E-state index in [9.17, 15) is 9.18 Å². The summed E-state index contributed by atoms with van der Waals surface area (Å²) >= 11 is 5.73. The Labute approximate surface area is 211 Å². The molecule has 3 fully saturated rings. The fourth-order valence-electron chi connectivity index (χ4n) is 7.32. The molecule has 2 nitrogen and oxygen atoms in total. The zero-order valence-electron chi connectivity index (χ0n) is 21.1. The number of fused-ring (bicyclic) bond motifs is 1. The number of carbonyl (C=O) groups excluding carboxylic acids is 1. The van der Waals surface area contributed by atoms with E-state index in [1.54, 1.807) is 6.07 Å². The summed E-state index contributed by atoms with van der Waals surface area (Å²) < 4.78 is 19.1. The topological polar surface area (TPSA) is 26.3 Å². The van der Waals surface area contributed by atoms with Crippen LogP contribution in [0.25, 0.3) is 0 Å². The number of rotatable bonds is 9. The number of halogens is 2. The van der Waals surface area contributed by atoms with Gasteiger partial charge in [-0.15, -0.1) is 0 Å². The molecule has 1 aromatic carbocycles. The first-order valence-electron chi connectivity index (χ1n) is 14.2. The Hall–Kier alpha value is -1.09. The second kappa shape index (κ2) is 12.7. The highest BCUT2D eigenvalue weighted by Crippen LogP contribution is 2.49. The van der Waals surface area contributed by atoms with E-state index in [2.05, 4.69) is 6.92 Å². The van der Waals surface area contributed by atoms with Gasteiger partial charge >= 0.3 is 5.97 Å². The molecule has 3 saturated carbocycles. The lowest BCUT2D eigenvalue weighted by Crippen LogP contribution is -2.35. The third kappa shape index (κ3) is 6.99. The van der Waals surface area contributed by atoms with Crippen molar-refractivity contribution in [1.82, 2.24) is 0 Å². The summed E-state index contributed by atoms with van der Waals surface area (Å²) in [6.07, 6.45) is 21.3. The maximum Gasteiger partial charge on any atom is 0.314 e. The summed E-state index contributed by atoms with van der Waals surface area (Å²) in [6, 6.07) is 4.20. The van der Waals surface area contributed by atoms with Crippen LogP contribution in [0.1, 0.15) is 110 Å². The average Bonchev–Trinajstić information content (AvgIpc) is 2.86. The molecule has 1 aromatic rings. The Kier molecular flexibility index (Phi) is 9.74. The Morgan fingerprint density at radius 1 is 0.882 bits per heavy atom. The number of hydrogen-bond donors (Lipinski definition) is 0. The summed E-state index contributed by atoms with van der Waals surface area (Å²) in [4.78, 5) is 12.6. The van der Waals surface area contributed by atoms with Gasteiger partial charge in [0.25, 0.3) is 0 Å². The lowest BCUT2D eigenvalue weighted by Gasteiger charge is -2.45. The van der Waals surface area contributed by atoms with Gasteiger partial charge in [-0.3, -0.25) is 4.79 Å². The molecule has 3 aliphatic rings. The van der Waals surface area contributed by atoms with Crippen molar-refractivity contribution in [2.24, 2.45) is 35.5 Å². The predicted octanol–water partition coefficient (Wildman–Crippen LogP) is 9.38. The van der Waals surface area contributed by atoms with E-state index >= 15 is 0 Å². The molecule has 0 N–H and O–H groups in total. The van der Waals surface area contributed by atoms with E-state index in [0.717, 1.165) is 55.3 Å². The van der Waals surface area contributed by atoms with Crippen LogP contribution in [0.15, 0.2) is 18.2 Å². The zero-order valence-corrected chi connectivity index (χ0v) is 21.8. The molecule has 0 saturated heterocycles. The second-order valence-corrected chi connectivity index (χ2v) is 12.0. The molecule has 0 aromatic heterocycles. The molecule has 0 radical (unpaired) electrons. The van der Waals surface area contributed by atoms with Gasteiger partial charge in [-0.05, 0) is 99.5 Å². The summed E-state index contributed by atoms with van der Waals surface area (Å²) in [5.74, 6) is 4.00. The summed E-state index contributed by atoms with van der Waals surface area (Å²) in [5.41, 5.74) is 0. The SMILES string of the molecule is CCCCCCCC1CCC2CC(C3CCC(C(=O)Oc4ccc(Cl)c(F)c4)CC3)CCC2C1. The summed E-state index contributed by atoms with van der Waals surface area (Å²) in [6.45, 7) is 2.30. The van der Waals surface area contributed by atoms with Crippen LogP contribution in [0, 0.1) is 41.3 Å². The molecule has 4 heteroatoms. The number of ether oxygens (including phenoxy) is 1. The van der Waals surface area contributed by atoms with Gasteiger partial charge in [0.1, 0.15) is 11.6 Å². The first kappa shape index (κ1) is 26.0. The number of esters is 1. The first-order chi connectivity index (χ1) is 16.5. The van der Waals surface area contributed by atoms with E-state index in [0.29, 0.717) is 0 Å². The number of unbranched alkanes of at least 4 members (excludes halogenated alkanes) is 4. The van der Waals surface area contributed by atoms with Crippen LogP contribution in [0.4, 0.5) is 4.39 Å². The van der Waals surface area contributed by atoms with Crippen LogP contribution < -0.4 is 4.74 Å². The quantitative estimate of drug-likeness (QED) is 0.196. The predicted molar refractivity (Wildman–Crippen MR) is 138 cm³/mol. The van der Waals surface area contributed by atoms with E-state index in [-0.39, 0.29) is 22.7 Å². The maximum atomic E-state index is 13.6. The van der Waals surface area contributed by atoms with E-state index in [1.165, 1.54) is 89.2 Å². The fourth-order valence-corrected chi connectivity index (χ4v) is 7.43. The highest BCUT2D eigenvalue weighted by Gasteiger charge is 2.39. The van der Waals surface area contributed by atoms with Gasteiger partial charge in [-0.25, -0.2) is 4.39 Å². The molecule has 0 heterocycles. The normalized spacial score (nSPS) is 31.6. The van der Waals surface area contributed by atoms with Crippen LogP contribution >= 0.6 is 11.6 Å². The minimum Gasteiger partial charge on any atom is -0.426 e. The molecular formula is C30H44ClFO2. The molecule has 34 heavy (non-hydrogen) atoms. The molecule has 4 atom stereocenters. The third-order valence-electron chi connectivity index (χ3n) is 9.36. The second-order valence-electron chi connectivity index (χ2n) is 11.6. The van der Waals surface area contributed by atoms with Crippen LogP contribution in [-0.2, 0) is 4.79 Å². The van der Waals surface area contributed by atoms with Gasteiger partial charge in [0, 0.05) is 6.07 Å². The number of carbonyl (C=O) groups is 1. The Balaban J connectivity index is 1.17. The van der Waals surface area contributed by atoms with Crippen molar-refractivity contribution in [1.29, 1.82) is 0 Å². The zero-order chi connectivity index (χ0) is 23.9. The molecule has 3 aliphatic carbocycles. The van der Waals surface area contributed by atoms with Crippen LogP contribution in [0.3, 0.4) is 0 Å². The Morgan fingerprint density at radius 2 is 1.53 bits per heavy atom. The van der Waals surface area contributed by atoms with Gasteiger partial charge in [0.2, 0.25) is 0 Å². The van der Waals surface area contributed by atoms with Crippen molar-refractivity contribution in [2.75, 3.05) is 0 Å². The van der Waals surface area contributed by atoms with E-state index in [1.807, 2.05) is 0 Å². The largest absolute Gasteiger partial charge is 0.426 e. The third-order valence-corrected chi connectivity index (χ3v) is 9.67. The number of benzene rings is 1. The van der Waals surface area contributed by atoms with Crippen LogP contribution in [0.2, 0.25) is 5.02 Å². The highest BCUT2D eigenvalue weighted by atomic mass is 35.5. The lowest BCUT2D eigenvalue weighted by molar-refractivity contribution is -0.140. The van der Waals surface area contributed by atoms with Gasteiger partial charge in [-0.2, -0.15) is 0 Å². The van der Waals surface area contributed by atoms with Crippen molar-refractivity contribution in [3.05, 3.63) is 29.0 Å². The molecule has 0 aliphatic heterocycles. The van der Waals surface area contributed by atoms with Gasteiger partial charge in [0.15, 0.2) is 0 Å². The number of hydrogen-bond acceptors (Lipinski definition) is 2. The van der Waals surface area contributed by atoms with Crippen LogP contribution in [-0.4, -0.2) is 5.97 Å². The van der Waals surface area contributed by atoms with Crippen LogP contribution in [0.5, 0.6) is 5.75 Å². The Bertz CT molecular complexity index is 788. The van der Waals surface area contributed by atoms with Gasteiger partial charge in [-0.1, -0.05) is 63.5 Å². The first-order valence-corrected chi connectivity index (χ1v) is 14.6. The molecule has 0 spiro atoms. The molecule has 4 unspecified atom stereocenters. The van der Waals surface area contributed by atoms with Crippen molar-refractivity contribution in [3.8, 4) is 5.75 Å². The van der Waals surface area contributed by atoms with Crippen molar-refractivity contribution in [3.63, 3.8) is 0 Å². The minimum atomic E-state index is -0.549. The highest BCUT2D eigenvalue weighted by molar-refractivity contribution is 6.30. The van der Waals surface area contributed by atoms with Crippen molar-refractivity contribution >= 4 is 17.6 Å². The monoisotopic (exact) mass is 490 g/mol. The average molecular weight is 491 g/mol. The van der Waals surface area contributed by atoms with E-state index < -0.39 is 5.82 Å². The maximum absolute atomic E-state index is 13.6. The minimum absolute atomic E-state index is 0.0472. The molecule has 4 rings (SSSR count). The lowest BCUT2D eigenvalue weighted by atomic mass is 9.60. The van der Waals surface area contributed by atoms with E-state index in [4.69, 9.17) is 16.3 Å². The fraction of sp³-hybridized carbons (Fsp3) is 0.767. The molecule has 0 bridgehead atoms. The summed E-state index contributed by atoms with van der Waals surface area (Å²) in [5, 5.41) is 0.0472. The van der Waals surface area contributed by atoms with Gasteiger partial charge in [0.05, 0.1) is 10.9 Å². The molecule has 0 amide bonds. The summed E-state index contributed by atoms with van der Waals surface area (Å²) in [7, 11) is 0. The molecular weight excluding hydrogens is 447 g/mol. The smallest absolute Gasteiger partial charge is 0.314 e. The standard InChI is InChI=1S/C30H44ClFO2/c1-2-3-4-5-6-7-21-8-9-26-19-25(15-14-24(26)18-21)22-10-12-23(13-11-22)30(33)34-27-16-17-28(31)29(32)20-27/h16-17,20-26H,2-15,18-19H2,1H3. The van der Waals surface area contributed by atoms with Crippen molar-refractivity contribution in [2.45, 2.75) is 110 Å². The molecule has 190 valence electrons. The van der Waals surface area contributed by atoms with Crippen molar-refractivity contribution < 1.29 is 13.9 Å².